The Bertz CT molecular complexity index is 3300. The molecule has 0 radical (unpaired) electrons. The lowest BCUT2D eigenvalue weighted by Crippen LogP contribution is -2.40. The summed E-state index contributed by atoms with van der Waals surface area (Å²) >= 11 is 0. The second-order valence-corrected chi connectivity index (χ2v) is 19.8. The molecule has 0 N–H and O–H groups in total. The molecule has 0 bridgehead atoms. The van der Waals surface area contributed by atoms with Gasteiger partial charge in [-0.25, -0.2) is 0 Å². The zero-order valence-corrected chi connectivity index (χ0v) is 38.2. The summed E-state index contributed by atoms with van der Waals surface area (Å²) in [6, 6.07) is 78.1. The van der Waals surface area contributed by atoms with Crippen LogP contribution in [0.25, 0.3) is 44.5 Å². The van der Waals surface area contributed by atoms with Gasteiger partial charge in [-0.2, -0.15) is 0 Å². The predicted molar refractivity (Wildman–Crippen MR) is 273 cm³/mol. The van der Waals surface area contributed by atoms with Crippen LogP contribution in [0, 0.1) is 0 Å². The Morgan fingerprint density at radius 3 is 1.34 bits per heavy atom. The summed E-state index contributed by atoms with van der Waals surface area (Å²) in [5, 5.41) is 0. The van der Waals surface area contributed by atoms with Crippen LogP contribution < -0.4 is 4.90 Å². The first-order valence-electron chi connectivity index (χ1n) is 23.4. The molecular weight excluding hydrogens is 783 g/mol. The van der Waals surface area contributed by atoms with E-state index in [9.17, 15) is 0 Å². The van der Waals surface area contributed by atoms with Crippen LogP contribution in [0.2, 0.25) is 0 Å². The van der Waals surface area contributed by atoms with Crippen LogP contribution >= 0.6 is 0 Å². The molecule has 0 fully saturated rings. The second kappa shape index (κ2) is 14.4. The Hall–Kier alpha value is -7.22. The minimum atomic E-state index is -0.492. The highest BCUT2D eigenvalue weighted by Crippen LogP contribution is 2.63. The molecule has 1 nitrogen and oxygen atoms in total. The lowest BCUT2D eigenvalue weighted by molar-refractivity contribution is 0.563. The molecule has 0 aliphatic heterocycles. The molecule has 1 spiro atoms. The molecule has 0 amide bonds. The maximum Gasteiger partial charge on any atom is 0.0720 e. The van der Waals surface area contributed by atoms with Crippen molar-refractivity contribution in [1.29, 1.82) is 0 Å². The van der Waals surface area contributed by atoms with E-state index in [1.54, 1.807) is 0 Å². The second-order valence-electron chi connectivity index (χ2n) is 19.8. The molecule has 0 atom stereocenters. The largest absolute Gasteiger partial charge is 0.310 e. The number of benzene rings is 9. The summed E-state index contributed by atoms with van der Waals surface area (Å²) in [5.41, 5.74) is 25.2. The monoisotopic (exact) mass is 835 g/mol. The van der Waals surface area contributed by atoms with Crippen molar-refractivity contribution in [3.8, 4) is 44.5 Å². The summed E-state index contributed by atoms with van der Waals surface area (Å²) in [7, 11) is 0. The summed E-state index contributed by atoms with van der Waals surface area (Å²) in [5.74, 6) is 0.260. The van der Waals surface area contributed by atoms with Gasteiger partial charge in [0.25, 0.3) is 0 Å². The fourth-order valence-electron chi connectivity index (χ4n) is 12.1. The fourth-order valence-corrected chi connectivity index (χ4v) is 12.1. The van der Waals surface area contributed by atoms with Crippen molar-refractivity contribution >= 4 is 17.1 Å². The van der Waals surface area contributed by atoms with E-state index >= 15 is 0 Å². The van der Waals surface area contributed by atoms with Crippen LogP contribution in [0.3, 0.4) is 0 Å². The quantitative estimate of drug-likeness (QED) is 0.161. The maximum absolute atomic E-state index is 2.57. The summed E-state index contributed by atoms with van der Waals surface area (Å²) < 4.78 is 0. The molecule has 0 heterocycles. The molecule has 9 aromatic rings. The van der Waals surface area contributed by atoms with Crippen LogP contribution in [-0.4, -0.2) is 0 Å². The van der Waals surface area contributed by atoms with Crippen molar-refractivity contribution in [3.63, 3.8) is 0 Å². The molecular formula is C64H53N. The number of nitrogens with zero attached hydrogens (tertiary/aromatic N) is 1. The van der Waals surface area contributed by atoms with E-state index in [1.807, 2.05) is 0 Å². The van der Waals surface area contributed by atoms with E-state index in [0.717, 1.165) is 5.69 Å². The van der Waals surface area contributed by atoms with Crippen LogP contribution in [0.5, 0.6) is 0 Å². The zero-order chi connectivity index (χ0) is 44.2. The van der Waals surface area contributed by atoms with Crippen LogP contribution in [0.1, 0.15) is 97.5 Å². The van der Waals surface area contributed by atoms with E-state index in [-0.39, 0.29) is 16.7 Å². The van der Waals surface area contributed by atoms with Crippen molar-refractivity contribution in [2.45, 2.75) is 63.7 Å². The number of rotatable bonds is 6. The van der Waals surface area contributed by atoms with E-state index in [0.29, 0.717) is 0 Å². The third kappa shape index (κ3) is 5.64. The van der Waals surface area contributed by atoms with E-state index < -0.39 is 5.41 Å². The third-order valence-electron chi connectivity index (χ3n) is 15.3. The van der Waals surface area contributed by atoms with Gasteiger partial charge in [0.1, 0.15) is 0 Å². The first-order chi connectivity index (χ1) is 31.6. The van der Waals surface area contributed by atoms with Crippen LogP contribution in [0.4, 0.5) is 17.1 Å². The molecule has 1 heteroatoms. The molecule has 12 rings (SSSR count). The Kier molecular flexibility index (Phi) is 8.72. The van der Waals surface area contributed by atoms with E-state index in [2.05, 4.69) is 253 Å². The Morgan fingerprint density at radius 1 is 0.323 bits per heavy atom. The predicted octanol–water partition coefficient (Wildman–Crippen LogP) is 16.9. The number of anilines is 3. The van der Waals surface area contributed by atoms with Gasteiger partial charge in [0.05, 0.1) is 5.41 Å². The fraction of sp³-hybridized carbons (Fsp3) is 0.156. The lowest BCUT2D eigenvalue weighted by atomic mass is 9.55. The van der Waals surface area contributed by atoms with Crippen molar-refractivity contribution < 1.29 is 0 Å². The zero-order valence-electron chi connectivity index (χ0n) is 38.2. The molecule has 9 aromatic carbocycles. The van der Waals surface area contributed by atoms with Gasteiger partial charge in [-0.15, -0.1) is 0 Å². The first-order valence-corrected chi connectivity index (χ1v) is 23.4. The topological polar surface area (TPSA) is 3.24 Å². The SMILES string of the molecule is CC(C)c1cc(-c2ccc(-c3ccccc3)cc2)ccc1N(c1ccc2c(c1)C(C)(C)c1ccccc1-2)c1ccc2c(c1)C1(c3ccccc3-2)c2ccccc2C(C)(C)c2ccccc21. The van der Waals surface area contributed by atoms with E-state index in [4.69, 9.17) is 0 Å². The van der Waals surface area contributed by atoms with Gasteiger partial charge in [0.15, 0.2) is 0 Å². The van der Waals surface area contributed by atoms with Crippen LogP contribution in [-0.2, 0) is 16.2 Å². The maximum atomic E-state index is 2.57. The standard InChI is InChI=1S/C64H53N/c1-41(2)52-38-45(44-30-28-43(29-31-44)42-18-8-7-9-19-42)32-37-61(52)65(46-33-35-50-48-20-10-12-22-53(48)62(3,4)59(50)39-46)47-34-36-51-49-21-11-13-23-54(49)64(60(51)40-47)57-26-16-14-24-55(57)63(5,6)56-25-15-17-27-58(56)64/h7-41H,1-6H3. The van der Waals surface area contributed by atoms with Crippen molar-refractivity contribution in [2.75, 3.05) is 4.90 Å². The average molecular weight is 836 g/mol. The van der Waals surface area contributed by atoms with Gasteiger partial charge in [0.2, 0.25) is 0 Å². The molecule has 65 heavy (non-hydrogen) atoms. The lowest BCUT2D eigenvalue weighted by Gasteiger charge is -2.46. The molecule has 3 aliphatic carbocycles. The molecule has 0 saturated carbocycles. The Morgan fingerprint density at radius 2 is 0.738 bits per heavy atom. The average Bonchev–Trinajstić information content (AvgIpc) is 3.76. The Labute approximate surface area is 384 Å². The molecule has 0 saturated heterocycles. The van der Waals surface area contributed by atoms with Gasteiger partial charge in [-0.1, -0.05) is 211 Å². The molecule has 314 valence electrons. The normalized spacial score (nSPS) is 15.1. The van der Waals surface area contributed by atoms with Gasteiger partial charge >= 0.3 is 0 Å². The van der Waals surface area contributed by atoms with Gasteiger partial charge < -0.3 is 4.90 Å². The van der Waals surface area contributed by atoms with Crippen molar-refractivity contribution in [1.82, 2.24) is 0 Å². The van der Waals surface area contributed by atoms with Gasteiger partial charge in [-0.05, 0) is 137 Å². The summed E-state index contributed by atoms with van der Waals surface area (Å²) in [6.45, 7) is 14.3. The summed E-state index contributed by atoms with van der Waals surface area (Å²) in [6.07, 6.45) is 0. The highest BCUT2D eigenvalue weighted by molar-refractivity contribution is 5.93. The molecule has 0 aromatic heterocycles. The number of hydrogen-bond donors (Lipinski definition) is 0. The molecule has 3 aliphatic rings. The molecule has 0 unspecified atom stereocenters. The number of fused-ring (bicyclic) bond motifs is 12. The smallest absolute Gasteiger partial charge is 0.0720 e. The third-order valence-corrected chi connectivity index (χ3v) is 15.3. The minimum Gasteiger partial charge on any atom is -0.310 e. The van der Waals surface area contributed by atoms with Gasteiger partial charge in [0, 0.05) is 27.9 Å². The van der Waals surface area contributed by atoms with Crippen molar-refractivity contribution in [3.05, 3.63) is 256 Å². The summed E-state index contributed by atoms with van der Waals surface area (Å²) in [4.78, 5) is 2.57. The van der Waals surface area contributed by atoms with Crippen LogP contribution in [0.15, 0.2) is 206 Å². The van der Waals surface area contributed by atoms with Crippen molar-refractivity contribution in [2.24, 2.45) is 0 Å². The Balaban J connectivity index is 1.10. The highest BCUT2D eigenvalue weighted by atomic mass is 15.1. The minimum absolute atomic E-state index is 0.143. The number of hydrogen-bond acceptors (Lipinski definition) is 1. The first kappa shape index (κ1) is 39.4. The van der Waals surface area contributed by atoms with Gasteiger partial charge in [-0.3, -0.25) is 0 Å². The van der Waals surface area contributed by atoms with E-state index in [1.165, 1.54) is 106 Å². The highest BCUT2D eigenvalue weighted by Gasteiger charge is 2.53.